The number of ketones is 1. The summed E-state index contributed by atoms with van der Waals surface area (Å²) in [6, 6.07) is 2.07. The van der Waals surface area contributed by atoms with Gasteiger partial charge in [-0.25, -0.2) is 4.98 Å². The summed E-state index contributed by atoms with van der Waals surface area (Å²) in [6.07, 6.45) is 7.75. The molecule has 27 heavy (non-hydrogen) atoms. The van der Waals surface area contributed by atoms with Gasteiger partial charge in [-0.15, -0.1) is 11.3 Å². The molecule has 1 N–H and O–H groups in total. The summed E-state index contributed by atoms with van der Waals surface area (Å²) in [7, 11) is 0. The lowest BCUT2D eigenvalue weighted by molar-refractivity contribution is 0.00268. The number of nitrogens with zero attached hydrogens (tertiary/aromatic N) is 3. The number of hydrogen-bond donors (Lipinski definition) is 1. The first kappa shape index (κ1) is 18.8. The molecule has 0 radical (unpaired) electrons. The van der Waals surface area contributed by atoms with Crippen LogP contribution in [0.3, 0.4) is 0 Å². The number of thiophene rings is 1. The molecule has 2 aliphatic heterocycles. The third-order valence-corrected chi connectivity index (χ3v) is 7.35. The number of fused-ring (bicyclic) bond motifs is 2. The third-order valence-electron chi connectivity index (χ3n) is 6.27. The van der Waals surface area contributed by atoms with Crippen LogP contribution in [0.25, 0.3) is 0 Å². The van der Waals surface area contributed by atoms with E-state index < -0.39 is 0 Å². The highest BCUT2D eigenvalue weighted by molar-refractivity contribution is 7.12. The molecule has 1 fully saturated rings. The Morgan fingerprint density at radius 2 is 2.15 bits per heavy atom. The van der Waals surface area contributed by atoms with Crippen LogP contribution in [0.15, 0.2) is 17.8 Å². The number of hydrogen-bond acceptors (Lipinski definition) is 5. The number of nitrogens with one attached hydrogen (secondary N) is 1. The molecule has 1 saturated heterocycles. The Bertz CT molecular complexity index is 788. The first-order valence-electron chi connectivity index (χ1n) is 10.2. The fraction of sp³-hybridized carbons (Fsp3) is 0.619. The van der Waals surface area contributed by atoms with E-state index in [0.717, 1.165) is 50.3 Å². The minimum absolute atomic E-state index is 0.110. The van der Waals surface area contributed by atoms with E-state index >= 15 is 0 Å². The maximum Gasteiger partial charge on any atom is 0.169 e. The molecule has 146 valence electrons. The molecule has 0 atom stereocenters. The van der Waals surface area contributed by atoms with Crippen molar-refractivity contribution in [2.24, 2.45) is 0 Å². The average molecular weight is 387 g/mol. The molecule has 0 unspecified atom stereocenters. The highest BCUT2D eigenvalue weighted by Crippen LogP contribution is 2.42. The second kappa shape index (κ2) is 7.86. The van der Waals surface area contributed by atoms with Gasteiger partial charge in [-0.2, -0.15) is 0 Å². The van der Waals surface area contributed by atoms with Crippen LogP contribution in [-0.4, -0.2) is 51.7 Å². The first-order chi connectivity index (χ1) is 13.1. The fourth-order valence-corrected chi connectivity index (χ4v) is 5.54. The number of carbonyl (C=O) groups is 1. The number of piperidine rings is 1. The van der Waals surface area contributed by atoms with Gasteiger partial charge in [-0.3, -0.25) is 14.6 Å². The van der Waals surface area contributed by atoms with Crippen LogP contribution >= 0.6 is 11.3 Å². The highest BCUT2D eigenvalue weighted by atomic mass is 32.1. The quantitative estimate of drug-likeness (QED) is 0.767. The molecular formula is C21H30N4OS. The number of carbonyl (C=O) groups excluding carboxylic acids is 1. The van der Waals surface area contributed by atoms with Crippen LogP contribution in [-0.2, 0) is 18.5 Å². The molecule has 0 aliphatic carbocycles. The van der Waals surface area contributed by atoms with Gasteiger partial charge >= 0.3 is 0 Å². The van der Waals surface area contributed by atoms with Crippen LogP contribution in [0, 0.1) is 0 Å². The standard InChI is InChI=1S/C21H30N4OS/c1-3-4-8-25-9-5-18-20(23-15-22-18)21(25)6-10-24(11-7-21)13-17-12-19(16(2)26)27-14-17/h12,14-15H,3-11,13H2,1-2H3,(H,22,23). The number of unbranched alkanes of at least 4 members (excludes halogenated alkanes) is 1. The number of rotatable bonds is 6. The van der Waals surface area contributed by atoms with Crippen LogP contribution in [0.5, 0.6) is 0 Å². The molecular weight excluding hydrogens is 356 g/mol. The molecule has 2 aromatic heterocycles. The zero-order valence-corrected chi connectivity index (χ0v) is 17.3. The molecule has 5 nitrogen and oxygen atoms in total. The topological polar surface area (TPSA) is 52.2 Å². The summed E-state index contributed by atoms with van der Waals surface area (Å²) >= 11 is 1.57. The van der Waals surface area contributed by atoms with E-state index in [1.165, 1.54) is 36.3 Å². The van der Waals surface area contributed by atoms with Gasteiger partial charge in [0.15, 0.2) is 5.78 Å². The number of aromatic amines is 1. The van der Waals surface area contributed by atoms with Crippen molar-refractivity contribution in [1.29, 1.82) is 0 Å². The third kappa shape index (κ3) is 3.62. The van der Waals surface area contributed by atoms with Crippen LogP contribution < -0.4 is 0 Å². The van der Waals surface area contributed by atoms with Crippen molar-refractivity contribution in [3.63, 3.8) is 0 Å². The monoisotopic (exact) mass is 386 g/mol. The van der Waals surface area contributed by atoms with E-state index in [1.54, 1.807) is 18.3 Å². The number of aromatic nitrogens is 2. The van der Waals surface area contributed by atoms with E-state index in [2.05, 4.69) is 33.2 Å². The lowest BCUT2D eigenvalue weighted by atomic mass is 9.78. The van der Waals surface area contributed by atoms with Crippen molar-refractivity contribution in [3.05, 3.63) is 39.6 Å². The van der Waals surface area contributed by atoms with E-state index in [4.69, 9.17) is 4.98 Å². The van der Waals surface area contributed by atoms with Gasteiger partial charge in [0.05, 0.1) is 22.4 Å². The number of likely N-dealkylation sites (tertiary alicyclic amines) is 1. The van der Waals surface area contributed by atoms with Crippen molar-refractivity contribution in [3.8, 4) is 0 Å². The van der Waals surface area contributed by atoms with Crippen molar-refractivity contribution >= 4 is 17.1 Å². The first-order valence-corrected chi connectivity index (χ1v) is 11.1. The van der Waals surface area contributed by atoms with Gasteiger partial charge < -0.3 is 4.98 Å². The molecule has 0 saturated carbocycles. The van der Waals surface area contributed by atoms with Crippen molar-refractivity contribution < 1.29 is 4.79 Å². The lowest BCUT2D eigenvalue weighted by Gasteiger charge is -2.50. The predicted octanol–water partition coefficient (Wildman–Crippen LogP) is 3.82. The van der Waals surface area contributed by atoms with E-state index in [-0.39, 0.29) is 11.3 Å². The summed E-state index contributed by atoms with van der Waals surface area (Å²) in [5, 5.41) is 2.14. The zero-order valence-electron chi connectivity index (χ0n) is 16.5. The second-order valence-corrected chi connectivity index (χ2v) is 8.91. The number of imidazole rings is 1. The minimum atomic E-state index is 0.110. The Kier molecular flexibility index (Phi) is 5.48. The van der Waals surface area contributed by atoms with E-state index in [0.29, 0.717) is 0 Å². The van der Waals surface area contributed by atoms with E-state index in [1.807, 2.05) is 6.33 Å². The van der Waals surface area contributed by atoms with Crippen LogP contribution in [0.4, 0.5) is 0 Å². The fourth-order valence-electron chi connectivity index (χ4n) is 4.73. The van der Waals surface area contributed by atoms with Gasteiger partial charge in [0.1, 0.15) is 0 Å². The Balaban J connectivity index is 1.47. The van der Waals surface area contributed by atoms with Crippen molar-refractivity contribution in [2.45, 2.75) is 58.0 Å². The molecule has 4 heterocycles. The SMILES string of the molecule is CCCCN1CCc2[nH]cnc2C12CCN(Cc1csc(C(C)=O)c1)CC2. The maximum atomic E-state index is 11.5. The summed E-state index contributed by atoms with van der Waals surface area (Å²) < 4.78 is 0. The largest absolute Gasteiger partial charge is 0.348 e. The Labute approximate surface area is 165 Å². The Morgan fingerprint density at radius 1 is 1.33 bits per heavy atom. The van der Waals surface area contributed by atoms with Crippen LogP contribution in [0.2, 0.25) is 0 Å². The smallest absolute Gasteiger partial charge is 0.169 e. The number of H-pyrrole nitrogens is 1. The summed E-state index contributed by atoms with van der Waals surface area (Å²) in [5.74, 6) is 0.170. The molecule has 6 heteroatoms. The minimum Gasteiger partial charge on any atom is -0.348 e. The lowest BCUT2D eigenvalue weighted by Crippen LogP contribution is -2.56. The van der Waals surface area contributed by atoms with Gasteiger partial charge in [0.25, 0.3) is 0 Å². The molecule has 4 rings (SSSR count). The van der Waals surface area contributed by atoms with Gasteiger partial charge in [-0.1, -0.05) is 13.3 Å². The van der Waals surface area contributed by atoms with Gasteiger partial charge in [0, 0.05) is 38.3 Å². The highest BCUT2D eigenvalue weighted by Gasteiger charge is 2.46. The van der Waals surface area contributed by atoms with Crippen LogP contribution in [0.1, 0.15) is 66.2 Å². The zero-order chi connectivity index (χ0) is 18.9. The molecule has 2 aromatic rings. The summed E-state index contributed by atoms with van der Waals surface area (Å²) in [5.41, 5.74) is 4.03. The molecule has 0 amide bonds. The van der Waals surface area contributed by atoms with Gasteiger partial charge in [0.2, 0.25) is 0 Å². The second-order valence-electron chi connectivity index (χ2n) is 8.00. The molecule has 2 aliphatic rings. The summed E-state index contributed by atoms with van der Waals surface area (Å²) in [4.78, 5) is 25.8. The normalized spacial score (nSPS) is 20.1. The van der Waals surface area contributed by atoms with Gasteiger partial charge in [-0.05, 0) is 49.7 Å². The molecule has 0 aromatic carbocycles. The number of Topliss-reactive ketones (excluding diaryl/α,β-unsaturated/α-hetero) is 1. The van der Waals surface area contributed by atoms with Crippen molar-refractivity contribution in [1.82, 2.24) is 19.8 Å². The predicted molar refractivity (Wildman–Crippen MR) is 109 cm³/mol. The average Bonchev–Trinajstić information content (AvgIpc) is 3.33. The van der Waals surface area contributed by atoms with E-state index in [9.17, 15) is 4.79 Å². The molecule has 0 bridgehead atoms. The Hall–Kier alpha value is -1.50. The maximum absolute atomic E-state index is 11.5. The van der Waals surface area contributed by atoms with Crippen molar-refractivity contribution in [2.75, 3.05) is 26.2 Å². The Morgan fingerprint density at radius 3 is 2.85 bits per heavy atom. The summed E-state index contributed by atoms with van der Waals surface area (Å²) in [6.45, 7) is 9.35. The molecule has 1 spiro atoms.